The van der Waals surface area contributed by atoms with Gasteiger partial charge in [0.1, 0.15) is 5.76 Å². The molecule has 0 bridgehead atoms. The van der Waals surface area contributed by atoms with Crippen molar-refractivity contribution in [2.75, 3.05) is 19.8 Å². The highest BCUT2D eigenvalue weighted by atomic mass is 127. The van der Waals surface area contributed by atoms with Gasteiger partial charge in [0, 0.05) is 31.4 Å². The van der Waals surface area contributed by atoms with Crippen LogP contribution in [0.1, 0.15) is 43.1 Å². The normalized spacial score (nSPS) is 19.0. The Morgan fingerprint density at radius 1 is 1.17 bits per heavy atom. The van der Waals surface area contributed by atoms with Crippen molar-refractivity contribution >= 4 is 41.7 Å². The van der Waals surface area contributed by atoms with E-state index in [0.717, 1.165) is 36.6 Å². The van der Waals surface area contributed by atoms with Gasteiger partial charge < -0.3 is 15.1 Å². The Labute approximate surface area is 202 Å². The van der Waals surface area contributed by atoms with Crippen LogP contribution in [0.3, 0.4) is 0 Å². The van der Waals surface area contributed by atoms with Crippen LogP contribution >= 0.6 is 35.7 Å². The Kier molecular flexibility index (Phi) is 11.1. The number of hydrogen-bond donors (Lipinski definition) is 2. The molecule has 1 saturated carbocycles. The number of benzene rings is 1. The van der Waals surface area contributed by atoms with Crippen molar-refractivity contribution < 1.29 is 4.42 Å². The van der Waals surface area contributed by atoms with Gasteiger partial charge in [0.05, 0.1) is 12.8 Å². The van der Waals surface area contributed by atoms with E-state index in [1.807, 2.05) is 19.2 Å². The quantitative estimate of drug-likeness (QED) is 0.269. The zero-order valence-corrected chi connectivity index (χ0v) is 21.4. The van der Waals surface area contributed by atoms with E-state index in [1.165, 1.54) is 36.1 Å². The molecular weight excluding hydrogens is 507 g/mol. The number of furan rings is 1. The second-order valence-corrected chi connectivity index (χ2v) is 9.26. The molecule has 0 spiro atoms. The van der Waals surface area contributed by atoms with Gasteiger partial charge >= 0.3 is 0 Å². The summed E-state index contributed by atoms with van der Waals surface area (Å²) in [6, 6.07) is 13.1. The molecule has 2 unspecified atom stereocenters. The molecule has 7 heteroatoms. The van der Waals surface area contributed by atoms with Crippen LogP contribution in [0, 0.1) is 0 Å². The van der Waals surface area contributed by atoms with E-state index >= 15 is 0 Å². The van der Waals surface area contributed by atoms with Crippen molar-refractivity contribution in [2.45, 2.75) is 57.1 Å². The lowest BCUT2D eigenvalue weighted by Crippen LogP contribution is -2.42. The predicted molar refractivity (Wildman–Crippen MR) is 139 cm³/mol. The van der Waals surface area contributed by atoms with Gasteiger partial charge in [-0.2, -0.15) is 11.8 Å². The van der Waals surface area contributed by atoms with Gasteiger partial charge in [0.15, 0.2) is 5.96 Å². The third-order valence-electron chi connectivity index (χ3n) is 5.36. The lowest BCUT2D eigenvalue weighted by atomic mass is 10.1. The molecule has 0 radical (unpaired) electrons. The second kappa shape index (κ2) is 13.3. The number of hydrogen-bond acceptors (Lipinski definition) is 4. The molecule has 3 rings (SSSR count). The summed E-state index contributed by atoms with van der Waals surface area (Å²) in [7, 11) is 3.98. The second-order valence-electron chi connectivity index (χ2n) is 7.68. The maximum Gasteiger partial charge on any atom is 0.191 e. The molecule has 1 aromatic carbocycles. The first-order chi connectivity index (χ1) is 14.2. The van der Waals surface area contributed by atoms with Crippen molar-refractivity contribution in [3.05, 3.63) is 59.5 Å². The average Bonchev–Trinajstić information content (AvgIpc) is 3.38. The summed E-state index contributed by atoms with van der Waals surface area (Å²) >= 11 is 2.08. The summed E-state index contributed by atoms with van der Waals surface area (Å²) in [5.41, 5.74) is 2.62. The Balaban J connectivity index is 0.00000320. The molecule has 2 N–H and O–H groups in total. The summed E-state index contributed by atoms with van der Waals surface area (Å²) in [6.07, 6.45) is 5.49. The highest BCUT2D eigenvalue weighted by Crippen LogP contribution is 2.29. The molecule has 2 aromatic rings. The third kappa shape index (κ3) is 7.81. The largest absolute Gasteiger partial charge is 0.468 e. The van der Waals surface area contributed by atoms with Crippen molar-refractivity contribution in [1.82, 2.24) is 15.5 Å². The molecule has 166 valence electrons. The fourth-order valence-corrected chi connectivity index (χ4v) is 5.07. The Bertz CT molecular complexity index is 768. The predicted octanol–water partition coefficient (Wildman–Crippen LogP) is 4.87. The molecule has 1 aliphatic rings. The van der Waals surface area contributed by atoms with E-state index < -0.39 is 0 Å². The Morgan fingerprint density at radius 3 is 2.67 bits per heavy atom. The first-order valence-electron chi connectivity index (χ1n) is 10.5. The number of aliphatic imine (C=N–C) groups is 1. The molecule has 1 aliphatic carbocycles. The average molecular weight is 543 g/mol. The third-order valence-corrected chi connectivity index (χ3v) is 6.60. The maximum atomic E-state index is 5.47. The summed E-state index contributed by atoms with van der Waals surface area (Å²) in [4.78, 5) is 6.72. The van der Waals surface area contributed by atoms with Crippen LogP contribution in [-0.2, 0) is 19.6 Å². The van der Waals surface area contributed by atoms with E-state index in [9.17, 15) is 0 Å². The Morgan fingerprint density at radius 2 is 1.97 bits per heavy atom. The molecule has 1 fully saturated rings. The van der Waals surface area contributed by atoms with Crippen molar-refractivity contribution in [3.8, 4) is 0 Å². The first kappa shape index (κ1) is 25.1. The standard InChI is InChI=1S/C23H34N4OS.HI/c1-4-29-22-12-11-20(14-22)26-23(24-2)25-15-18-8-5-6-9-19(18)16-27(3)17-21-10-7-13-28-21;/h5-10,13,20,22H,4,11-12,14-17H2,1-3H3,(H2,24,25,26);1H. The summed E-state index contributed by atoms with van der Waals surface area (Å²) in [5, 5.41) is 7.92. The van der Waals surface area contributed by atoms with Gasteiger partial charge in [-0.3, -0.25) is 9.89 Å². The van der Waals surface area contributed by atoms with E-state index in [2.05, 4.69) is 70.5 Å². The van der Waals surface area contributed by atoms with E-state index in [4.69, 9.17) is 4.42 Å². The fraction of sp³-hybridized carbons (Fsp3) is 0.522. The minimum absolute atomic E-state index is 0. The molecular formula is C23H35IN4OS. The molecule has 2 atom stereocenters. The van der Waals surface area contributed by atoms with Crippen LogP contribution in [0.15, 0.2) is 52.1 Å². The van der Waals surface area contributed by atoms with Crippen LogP contribution in [-0.4, -0.2) is 42.0 Å². The van der Waals surface area contributed by atoms with Crippen LogP contribution in [0.25, 0.3) is 0 Å². The highest BCUT2D eigenvalue weighted by molar-refractivity contribution is 14.0. The molecule has 30 heavy (non-hydrogen) atoms. The number of thioether (sulfide) groups is 1. The SMILES string of the molecule is CCSC1CCC(NC(=NC)NCc2ccccc2CN(C)Cc2ccco2)C1.I. The maximum absolute atomic E-state index is 5.47. The molecule has 5 nitrogen and oxygen atoms in total. The van der Waals surface area contributed by atoms with Crippen molar-refractivity contribution in [2.24, 2.45) is 4.99 Å². The number of halogens is 1. The van der Waals surface area contributed by atoms with Gasteiger partial charge in [-0.15, -0.1) is 24.0 Å². The number of nitrogens with one attached hydrogen (secondary N) is 2. The van der Waals surface area contributed by atoms with Gasteiger partial charge in [0.2, 0.25) is 0 Å². The van der Waals surface area contributed by atoms with Gasteiger partial charge in [-0.1, -0.05) is 31.2 Å². The highest BCUT2D eigenvalue weighted by Gasteiger charge is 2.25. The van der Waals surface area contributed by atoms with E-state index in [-0.39, 0.29) is 24.0 Å². The van der Waals surface area contributed by atoms with E-state index in [0.29, 0.717) is 6.04 Å². The first-order valence-corrected chi connectivity index (χ1v) is 11.6. The molecule has 0 aliphatic heterocycles. The fourth-order valence-electron chi connectivity index (χ4n) is 3.92. The number of rotatable bonds is 9. The minimum Gasteiger partial charge on any atom is -0.468 e. The monoisotopic (exact) mass is 542 g/mol. The van der Waals surface area contributed by atoms with Crippen LogP contribution < -0.4 is 10.6 Å². The minimum atomic E-state index is 0. The van der Waals surface area contributed by atoms with Crippen LogP contribution in [0.4, 0.5) is 0 Å². The summed E-state index contributed by atoms with van der Waals surface area (Å²) < 4.78 is 5.47. The number of nitrogens with zero attached hydrogens (tertiary/aromatic N) is 2. The van der Waals surface area contributed by atoms with Crippen molar-refractivity contribution in [1.29, 1.82) is 0 Å². The van der Waals surface area contributed by atoms with E-state index in [1.54, 1.807) is 6.26 Å². The van der Waals surface area contributed by atoms with Gasteiger partial charge in [-0.25, -0.2) is 0 Å². The number of guanidine groups is 1. The molecule has 1 heterocycles. The lowest BCUT2D eigenvalue weighted by Gasteiger charge is -2.20. The van der Waals surface area contributed by atoms with Gasteiger partial charge in [-0.05, 0) is 55.3 Å². The van der Waals surface area contributed by atoms with Crippen LogP contribution in [0.2, 0.25) is 0 Å². The summed E-state index contributed by atoms with van der Waals surface area (Å²) in [5.74, 6) is 3.09. The zero-order chi connectivity index (χ0) is 20.5. The molecule has 0 saturated heterocycles. The lowest BCUT2D eigenvalue weighted by molar-refractivity contribution is 0.287. The molecule has 0 amide bonds. The smallest absolute Gasteiger partial charge is 0.191 e. The van der Waals surface area contributed by atoms with Gasteiger partial charge in [0.25, 0.3) is 0 Å². The van der Waals surface area contributed by atoms with Crippen molar-refractivity contribution in [3.63, 3.8) is 0 Å². The molecule has 1 aromatic heterocycles. The zero-order valence-electron chi connectivity index (χ0n) is 18.3. The summed E-state index contributed by atoms with van der Waals surface area (Å²) in [6.45, 7) is 4.69. The Hall–Kier alpha value is -1.19. The van der Waals surface area contributed by atoms with Crippen LogP contribution in [0.5, 0.6) is 0 Å². The topological polar surface area (TPSA) is 52.8 Å².